The van der Waals surface area contributed by atoms with Crippen molar-refractivity contribution in [2.75, 3.05) is 6.61 Å². The lowest BCUT2D eigenvalue weighted by Gasteiger charge is -2.15. The van der Waals surface area contributed by atoms with Crippen molar-refractivity contribution in [2.45, 2.75) is 45.3 Å². The molecule has 2 rings (SSSR count). The number of carbonyl (C=O) groups excluding carboxylic acids is 2. The second-order valence-corrected chi connectivity index (χ2v) is 5.11. The molecule has 0 amide bonds. The Kier molecular flexibility index (Phi) is 5.69. The van der Waals surface area contributed by atoms with Crippen molar-refractivity contribution in [2.24, 2.45) is 4.99 Å². The lowest BCUT2D eigenvalue weighted by molar-refractivity contribution is -0.149. The van der Waals surface area contributed by atoms with Crippen molar-refractivity contribution in [3.05, 3.63) is 35.9 Å². The first kappa shape index (κ1) is 16.2. The first-order valence-corrected chi connectivity index (χ1v) is 7.64. The molecule has 1 aliphatic heterocycles. The van der Waals surface area contributed by atoms with Crippen molar-refractivity contribution in [1.82, 2.24) is 0 Å². The van der Waals surface area contributed by atoms with Crippen molar-refractivity contribution in [3.8, 4) is 0 Å². The summed E-state index contributed by atoms with van der Waals surface area (Å²) in [5.74, 6) is -0.634. The molecule has 0 saturated carbocycles. The molecule has 1 aromatic rings. The first-order valence-electron chi connectivity index (χ1n) is 7.64. The standard InChI is InChI=1S/C17H21NO4/c1-3-8-15(19)22-14-11-13(17(20)21-4-2)18-16(14)12-9-6-5-7-10-12/h5-7,9-10,13-14H,3-4,8,11H2,1-2H3/t13-,14-/m1/s1. The predicted octanol–water partition coefficient (Wildman–Crippen LogP) is 2.52. The van der Waals surface area contributed by atoms with Crippen LogP contribution < -0.4 is 0 Å². The molecule has 2 atom stereocenters. The van der Waals surface area contributed by atoms with Crippen LogP contribution in [0.5, 0.6) is 0 Å². The van der Waals surface area contributed by atoms with Crippen LogP contribution in [0.15, 0.2) is 35.3 Å². The van der Waals surface area contributed by atoms with E-state index in [9.17, 15) is 9.59 Å². The molecular formula is C17H21NO4. The minimum absolute atomic E-state index is 0.263. The van der Waals surface area contributed by atoms with Gasteiger partial charge < -0.3 is 9.47 Å². The van der Waals surface area contributed by atoms with Crippen LogP contribution in [0.3, 0.4) is 0 Å². The highest BCUT2D eigenvalue weighted by atomic mass is 16.5. The van der Waals surface area contributed by atoms with E-state index in [1.165, 1.54) is 0 Å². The summed E-state index contributed by atoms with van der Waals surface area (Å²) < 4.78 is 10.5. The number of benzene rings is 1. The van der Waals surface area contributed by atoms with Crippen LogP contribution in [0, 0.1) is 0 Å². The number of nitrogens with zero attached hydrogens (tertiary/aromatic N) is 1. The van der Waals surface area contributed by atoms with E-state index in [-0.39, 0.29) is 11.9 Å². The Balaban J connectivity index is 2.19. The summed E-state index contributed by atoms with van der Waals surface area (Å²) in [5, 5.41) is 0. The van der Waals surface area contributed by atoms with Gasteiger partial charge in [-0.05, 0) is 18.9 Å². The maximum absolute atomic E-state index is 11.9. The lowest BCUT2D eigenvalue weighted by atomic mass is 10.0. The molecule has 0 saturated heterocycles. The minimum atomic E-state index is -0.602. The topological polar surface area (TPSA) is 65.0 Å². The summed E-state index contributed by atoms with van der Waals surface area (Å²) in [5.41, 5.74) is 1.51. The maximum atomic E-state index is 11.9. The van der Waals surface area contributed by atoms with E-state index in [4.69, 9.17) is 9.47 Å². The molecule has 1 aliphatic rings. The molecule has 0 fully saturated rings. The number of esters is 2. The summed E-state index contributed by atoms with van der Waals surface area (Å²) in [6.45, 7) is 3.99. The van der Waals surface area contributed by atoms with E-state index in [2.05, 4.69) is 4.99 Å². The van der Waals surface area contributed by atoms with Crippen LogP contribution in [0.4, 0.5) is 0 Å². The van der Waals surface area contributed by atoms with E-state index in [0.29, 0.717) is 25.2 Å². The summed E-state index contributed by atoms with van der Waals surface area (Å²) in [6, 6.07) is 8.87. The first-order chi connectivity index (χ1) is 10.7. The average Bonchev–Trinajstić information content (AvgIpc) is 2.92. The maximum Gasteiger partial charge on any atom is 0.331 e. The lowest BCUT2D eigenvalue weighted by Crippen LogP contribution is -2.27. The number of hydrogen-bond donors (Lipinski definition) is 0. The van der Waals surface area contributed by atoms with Crippen molar-refractivity contribution in [3.63, 3.8) is 0 Å². The molecule has 0 N–H and O–H groups in total. The highest BCUT2D eigenvalue weighted by molar-refractivity contribution is 6.07. The molecule has 0 aliphatic carbocycles. The van der Waals surface area contributed by atoms with E-state index < -0.39 is 12.1 Å². The molecule has 0 spiro atoms. The monoisotopic (exact) mass is 303 g/mol. The van der Waals surface area contributed by atoms with Crippen LogP contribution in [-0.4, -0.2) is 36.4 Å². The van der Waals surface area contributed by atoms with Crippen molar-refractivity contribution >= 4 is 17.7 Å². The van der Waals surface area contributed by atoms with E-state index in [1.54, 1.807) is 6.92 Å². The molecular weight excluding hydrogens is 282 g/mol. The Labute approximate surface area is 130 Å². The highest BCUT2D eigenvalue weighted by Gasteiger charge is 2.36. The Morgan fingerprint density at radius 3 is 2.59 bits per heavy atom. The summed E-state index contributed by atoms with van der Waals surface area (Å²) in [6.07, 6.45) is 0.946. The summed E-state index contributed by atoms with van der Waals surface area (Å²) >= 11 is 0. The van der Waals surface area contributed by atoms with Crippen LogP contribution in [-0.2, 0) is 19.1 Å². The van der Waals surface area contributed by atoms with Crippen molar-refractivity contribution in [1.29, 1.82) is 0 Å². The van der Waals surface area contributed by atoms with Gasteiger partial charge in [0.15, 0.2) is 6.04 Å². The Bertz CT molecular complexity index is 553. The number of rotatable bonds is 6. The van der Waals surface area contributed by atoms with Gasteiger partial charge in [0, 0.05) is 12.8 Å². The minimum Gasteiger partial charge on any atom is -0.464 e. The zero-order valence-corrected chi connectivity index (χ0v) is 13.0. The van der Waals surface area contributed by atoms with Gasteiger partial charge in [-0.1, -0.05) is 37.3 Å². The molecule has 0 bridgehead atoms. The van der Waals surface area contributed by atoms with Gasteiger partial charge in [0.2, 0.25) is 0 Å². The van der Waals surface area contributed by atoms with Gasteiger partial charge in [-0.25, -0.2) is 4.79 Å². The van der Waals surface area contributed by atoms with Gasteiger partial charge in [-0.3, -0.25) is 9.79 Å². The number of aliphatic imine (C=N–C) groups is 1. The largest absolute Gasteiger partial charge is 0.464 e. The highest BCUT2D eigenvalue weighted by Crippen LogP contribution is 2.23. The molecule has 1 heterocycles. The van der Waals surface area contributed by atoms with E-state index in [0.717, 1.165) is 12.0 Å². The van der Waals surface area contributed by atoms with Gasteiger partial charge in [0.05, 0.1) is 12.3 Å². The van der Waals surface area contributed by atoms with Crippen LogP contribution in [0.1, 0.15) is 38.7 Å². The Morgan fingerprint density at radius 2 is 1.95 bits per heavy atom. The van der Waals surface area contributed by atoms with E-state index in [1.807, 2.05) is 37.3 Å². The fraction of sp³-hybridized carbons (Fsp3) is 0.471. The molecule has 0 unspecified atom stereocenters. The fourth-order valence-electron chi connectivity index (χ4n) is 2.40. The zero-order chi connectivity index (χ0) is 15.9. The molecule has 0 aromatic heterocycles. The molecule has 118 valence electrons. The Morgan fingerprint density at radius 1 is 1.23 bits per heavy atom. The molecule has 5 heteroatoms. The second-order valence-electron chi connectivity index (χ2n) is 5.11. The molecule has 5 nitrogen and oxygen atoms in total. The predicted molar refractivity (Wildman–Crippen MR) is 82.8 cm³/mol. The number of ether oxygens (including phenoxy) is 2. The normalized spacial score (nSPS) is 20.4. The quantitative estimate of drug-likeness (QED) is 0.757. The van der Waals surface area contributed by atoms with Gasteiger partial charge in [0.25, 0.3) is 0 Å². The number of carbonyl (C=O) groups is 2. The summed E-state index contributed by atoms with van der Waals surface area (Å²) in [4.78, 5) is 28.1. The zero-order valence-electron chi connectivity index (χ0n) is 13.0. The molecule has 0 radical (unpaired) electrons. The fourth-order valence-corrected chi connectivity index (χ4v) is 2.40. The molecule has 22 heavy (non-hydrogen) atoms. The Hall–Kier alpha value is -2.17. The van der Waals surface area contributed by atoms with Crippen LogP contribution >= 0.6 is 0 Å². The van der Waals surface area contributed by atoms with Crippen LogP contribution in [0.2, 0.25) is 0 Å². The SMILES string of the molecule is CCCC(=O)O[C@@H]1C[C@H](C(=O)OCC)N=C1c1ccccc1. The number of hydrogen-bond acceptors (Lipinski definition) is 5. The molecule has 1 aromatic carbocycles. The third-order valence-electron chi connectivity index (χ3n) is 3.39. The van der Waals surface area contributed by atoms with Crippen LogP contribution in [0.25, 0.3) is 0 Å². The average molecular weight is 303 g/mol. The third kappa shape index (κ3) is 3.93. The smallest absolute Gasteiger partial charge is 0.331 e. The van der Waals surface area contributed by atoms with E-state index >= 15 is 0 Å². The second kappa shape index (κ2) is 7.73. The van der Waals surface area contributed by atoms with Gasteiger partial charge in [-0.15, -0.1) is 0 Å². The van der Waals surface area contributed by atoms with Gasteiger partial charge in [0.1, 0.15) is 6.10 Å². The third-order valence-corrected chi connectivity index (χ3v) is 3.39. The van der Waals surface area contributed by atoms with Gasteiger partial charge in [-0.2, -0.15) is 0 Å². The summed E-state index contributed by atoms with van der Waals surface area (Å²) in [7, 11) is 0. The van der Waals surface area contributed by atoms with Crippen molar-refractivity contribution < 1.29 is 19.1 Å². The van der Waals surface area contributed by atoms with Gasteiger partial charge >= 0.3 is 11.9 Å².